The molecule has 0 bridgehead atoms. The maximum absolute atomic E-state index is 12.5. The van der Waals surface area contributed by atoms with Crippen molar-refractivity contribution in [3.63, 3.8) is 0 Å². The first kappa shape index (κ1) is 16.3. The van der Waals surface area contributed by atoms with Gasteiger partial charge in [-0.25, -0.2) is 4.79 Å². The molecular weight excluding hydrogens is 326 g/mol. The van der Waals surface area contributed by atoms with Crippen molar-refractivity contribution in [3.05, 3.63) is 59.1 Å². The van der Waals surface area contributed by atoms with Crippen molar-refractivity contribution in [2.24, 2.45) is 0 Å². The normalized spacial score (nSPS) is 14.2. The first-order valence-corrected chi connectivity index (χ1v) is 8.09. The smallest absolute Gasteiger partial charge is 0.324 e. The number of halogens is 1. The molecule has 24 heavy (non-hydrogen) atoms. The molecule has 124 valence electrons. The first-order chi connectivity index (χ1) is 11.5. The predicted octanol–water partition coefficient (Wildman–Crippen LogP) is 3.53. The quantitative estimate of drug-likeness (QED) is 0.923. The van der Waals surface area contributed by atoms with Crippen LogP contribution in [0.4, 0.5) is 16.2 Å². The van der Waals surface area contributed by atoms with Gasteiger partial charge in [0.1, 0.15) is 6.54 Å². The lowest BCUT2D eigenvalue weighted by molar-refractivity contribution is -0.116. The van der Waals surface area contributed by atoms with Gasteiger partial charge in [-0.15, -0.1) is 0 Å². The van der Waals surface area contributed by atoms with E-state index in [1.807, 2.05) is 31.2 Å². The molecule has 0 spiro atoms. The summed E-state index contributed by atoms with van der Waals surface area (Å²) in [5.74, 6) is -0.239. The Labute approximate surface area is 145 Å². The van der Waals surface area contributed by atoms with Crippen LogP contribution in [-0.2, 0) is 4.79 Å². The Hall–Kier alpha value is -2.53. The second kappa shape index (κ2) is 6.93. The van der Waals surface area contributed by atoms with Crippen LogP contribution in [-0.4, -0.2) is 36.5 Å². The minimum atomic E-state index is -0.239. The summed E-state index contributed by atoms with van der Waals surface area (Å²) in [6.45, 7) is 3.12. The van der Waals surface area contributed by atoms with E-state index in [-0.39, 0.29) is 18.5 Å². The van der Waals surface area contributed by atoms with E-state index in [0.29, 0.717) is 23.8 Å². The number of aryl methyl sites for hydroxylation is 1. The van der Waals surface area contributed by atoms with Crippen LogP contribution in [0.25, 0.3) is 0 Å². The average molecular weight is 344 g/mol. The molecule has 1 aliphatic rings. The molecule has 3 rings (SSSR count). The largest absolute Gasteiger partial charge is 0.325 e. The van der Waals surface area contributed by atoms with E-state index in [9.17, 15) is 9.59 Å². The number of rotatable bonds is 4. The van der Waals surface area contributed by atoms with Crippen molar-refractivity contribution in [3.8, 4) is 0 Å². The van der Waals surface area contributed by atoms with Crippen molar-refractivity contribution < 1.29 is 9.59 Å². The number of anilines is 2. The zero-order valence-electron chi connectivity index (χ0n) is 13.3. The summed E-state index contributed by atoms with van der Waals surface area (Å²) in [4.78, 5) is 27.9. The fraction of sp³-hybridized carbons (Fsp3) is 0.222. The number of amides is 3. The fourth-order valence-corrected chi connectivity index (χ4v) is 2.82. The maximum Gasteiger partial charge on any atom is 0.325 e. The third kappa shape index (κ3) is 3.68. The second-order valence-electron chi connectivity index (χ2n) is 5.75. The summed E-state index contributed by atoms with van der Waals surface area (Å²) in [6.07, 6.45) is 0. The minimum Gasteiger partial charge on any atom is -0.324 e. The average Bonchev–Trinajstić information content (AvgIpc) is 2.89. The first-order valence-electron chi connectivity index (χ1n) is 7.71. The van der Waals surface area contributed by atoms with Gasteiger partial charge in [-0.05, 0) is 37.3 Å². The SMILES string of the molecule is Cc1ccc(N2CCN(CC(=O)Nc3cccc(Cl)c3)C2=O)cc1. The van der Waals surface area contributed by atoms with Gasteiger partial charge >= 0.3 is 6.03 Å². The van der Waals surface area contributed by atoms with Gasteiger partial charge in [0.05, 0.1) is 0 Å². The third-order valence-corrected chi connectivity index (χ3v) is 4.12. The lowest BCUT2D eigenvalue weighted by atomic mass is 10.2. The highest BCUT2D eigenvalue weighted by molar-refractivity contribution is 6.30. The van der Waals surface area contributed by atoms with E-state index in [1.165, 1.54) is 0 Å². The molecule has 0 aromatic heterocycles. The van der Waals surface area contributed by atoms with Crippen LogP contribution in [0, 0.1) is 6.92 Å². The Morgan fingerprint density at radius 2 is 1.92 bits per heavy atom. The van der Waals surface area contributed by atoms with Crippen molar-refractivity contribution in [2.75, 3.05) is 29.9 Å². The van der Waals surface area contributed by atoms with Crippen LogP contribution in [0.2, 0.25) is 5.02 Å². The maximum atomic E-state index is 12.5. The zero-order valence-corrected chi connectivity index (χ0v) is 14.1. The number of benzene rings is 2. The molecule has 1 aliphatic heterocycles. The Morgan fingerprint density at radius 3 is 2.62 bits per heavy atom. The molecule has 1 fully saturated rings. The van der Waals surface area contributed by atoms with Gasteiger partial charge in [0.15, 0.2) is 0 Å². The number of hydrogen-bond acceptors (Lipinski definition) is 2. The van der Waals surface area contributed by atoms with Gasteiger partial charge in [-0.1, -0.05) is 35.4 Å². The topological polar surface area (TPSA) is 52.6 Å². The standard InChI is InChI=1S/C18H18ClN3O2/c1-13-5-7-16(8-6-13)22-10-9-21(18(22)24)12-17(23)20-15-4-2-3-14(19)11-15/h2-8,11H,9-10,12H2,1H3,(H,20,23). The number of carbonyl (C=O) groups is 2. The Balaban J connectivity index is 1.61. The van der Waals surface area contributed by atoms with Crippen LogP contribution in [0.15, 0.2) is 48.5 Å². The monoisotopic (exact) mass is 343 g/mol. The molecule has 0 atom stereocenters. The molecule has 0 radical (unpaired) electrons. The van der Waals surface area contributed by atoms with Crippen LogP contribution in [0.5, 0.6) is 0 Å². The van der Waals surface area contributed by atoms with Gasteiger partial charge in [0.25, 0.3) is 0 Å². The van der Waals surface area contributed by atoms with Gasteiger partial charge < -0.3 is 10.2 Å². The fourth-order valence-electron chi connectivity index (χ4n) is 2.63. The molecule has 1 heterocycles. The highest BCUT2D eigenvalue weighted by Gasteiger charge is 2.30. The summed E-state index contributed by atoms with van der Waals surface area (Å²) in [5, 5.41) is 3.31. The van der Waals surface area contributed by atoms with Gasteiger partial charge in [0.2, 0.25) is 5.91 Å². The van der Waals surface area contributed by atoms with Gasteiger partial charge in [-0.2, -0.15) is 0 Å². The van der Waals surface area contributed by atoms with Crippen LogP contribution in [0.3, 0.4) is 0 Å². The van der Waals surface area contributed by atoms with E-state index >= 15 is 0 Å². The summed E-state index contributed by atoms with van der Waals surface area (Å²) < 4.78 is 0. The van der Waals surface area contributed by atoms with Crippen LogP contribution < -0.4 is 10.2 Å². The summed E-state index contributed by atoms with van der Waals surface area (Å²) in [5.41, 5.74) is 2.61. The molecule has 2 aromatic carbocycles. The van der Waals surface area contributed by atoms with E-state index in [4.69, 9.17) is 11.6 Å². The Kier molecular flexibility index (Phi) is 4.71. The minimum absolute atomic E-state index is 0.0215. The van der Waals surface area contributed by atoms with Crippen molar-refractivity contribution in [1.82, 2.24) is 4.90 Å². The molecule has 2 aromatic rings. The number of nitrogens with zero attached hydrogens (tertiary/aromatic N) is 2. The van der Waals surface area contributed by atoms with Gasteiger partial charge in [-0.3, -0.25) is 9.69 Å². The van der Waals surface area contributed by atoms with Crippen molar-refractivity contribution >= 4 is 34.9 Å². The summed E-state index contributed by atoms with van der Waals surface area (Å²) in [7, 11) is 0. The molecule has 0 unspecified atom stereocenters. The second-order valence-corrected chi connectivity index (χ2v) is 6.19. The number of urea groups is 1. The lowest BCUT2D eigenvalue weighted by Crippen LogP contribution is -2.37. The molecule has 5 nitrogen and oxygen atoms in total. The highest BCUT2D eigenvalue weighted by Crippen LogP contribution is 2.21. The molecule has 1 saturated heterocycles. The zero-order chi connectivity index (χ0) is 17.1. The summed E-state index contributed by atoms with van der Waals surface area (Å²) in [6, 6.07) is 14.6. The van der Waals surface area contributed by atoms with Crippen LogP contribution >= 0.6 is 11.6 Å². The highest BCUT2D eigenvalue weighted by atomic mass is 35.5. The Bertz CT molecular complexity index is 761. The summed E-state index contributed by atoms with van der Waals surface area (Å²) >= 11 is 5.90. The third-order valence-electron chi connectivity index (χ3n) is 3.88. The van der Waals surface area contributed by atoms with Crippen molar-refractivity contribution in [2.45, 2.75) is 6.92 Å². The number of hydrogen-bond donors (Lipinski definition) is 1. The van der Waals surface area contributed by atoms with E-state index < -0.39 is 0 Å². The number of nitrogens with one attached hydrogen (secondary N) is 1. The molecule has 1 N–H and O–H groups in total. The lowest BCUT2D eigenvalue weighted by Gasteiger charge is -2.18. The van der Waals surface area contributed by atoms with E-state index in [1.54, 1.807) is 34.1 Å². The molecule has 0 saturated carbocycles. The van der Waals surface area contributed by atoms with Gasteiger partial charge in [0, 0.05) is 29.5 Å². The number of carbonyl (C=O) groups excluding carboxylic acids is 2. The molecule has 6 heteroatoms. The van der Waals surface area contributed by atoms with Crippen LogP contribution in [0.1, 0.15) is 5.56 Å². The van der Waals surface area contributed by atoms with E-state index in [2.05, 4.69) is 5.32 Å². The van der Waals surface area contributed by atoms with E-state index in [0.717, 1.165) is 11.3 Å². The Morgan fingerprint density at radius 1 is 1.17 bits per heavy atom. The molecular formula is C18H18ClN3O2. The molecule has 0 aliphatic carbocycles. The van der Waals surface area contributed by atoms with Crippen molar-refractivity contribution in [1.29, 1.82) is 0 Å². The predicted molar refractivity (Wildman–Crippen MR) is 95.6 cm³/mol. The molecule has 3 amide bonds.